The lowest BCUT2D eigenvalue weighted by Crippen LogP contribution is -2.63. The molecule has 1 spiro atoms. The van der Waals surface area contributed by atoms with E-state index in [1.807, 2.05) is 13.8 Å². The van der Waals surface area contributed by atoms with E-state index in [2.05, 4.69) is 26.8 Å². The zero-order valence-corrected chi connectivity index (χ0v) is 18.3. The van der Waals surface area contributed by atoms with E-state index in [1.54, 1.807) is 0 Å². The lowest BCUT2D eigenvalue weighted by Gasteiger charge is -2.56. The number of allylic oxidation sites excluding steroid dienone is 1. The van der Waals surface area contributed by atoms with Gasteiger partial charge in [0.25, 0.3) is 0 Å². The molecule has 0 amide bonds. The Morgan fingerprint density at radius 2 is 1.76 bits per heavy atom. The SMILES string of the molecule is CCCC(=O)O[C@@H]1[C@@H](OC(=O)CCC)[C@]2(C)[C@@]3(C)CCC(C)=C[C@H]3O[C@H]1[C@@]21CO1. The van der Waals surface area contributed by atoms with E-state index >= 15 is 0 Å². The number of carbonyl (C=O) groups excluding carboxylic acids is 2. The first-order valence-corrected chi connectivity index (χ1v) is 11.1. The van der Waals surface area contributed by atoms with Crippen LogP contribution in [0.4, 0.5) is 0 Å². The maximum atomic E-state index is 12.6. The van der Waals surface area contributed by atoms with E-state index in [9.17, 15) is 9.59 Å². The summed E-state index contributed by atoms with van der Waals surface area (Å²) in [7, 11) is 0. The summed E-state index contributed by atoms with van der Waals surface area (Å²) in [4.78, 5) is 25.0. The number of rotatable bonds is 6. The third-order valence-corrected chi connectivity index (χ3v) is 7.98. The van der Waals surface area contributed by atoms with Crippen molar-refractivity contribution in [3.05, 3.63) is 11.6 Å². The molecule has 2 aliphatic heterocycles. The number of esters is 2. The fraction of sp³-hybridized carbons (Fsp3) is 0.826. The Kier molecular flexibility index (Phi) is 5.10. The zero-order chi connectivity index (χ0) is 21.0. The van der Waals surface area contributed by atoms with Gasteiger partial charge in [-0.3, -0.25) is 9.59 Å². The van der Waals surface area contributed by atoms with Gasteiger partial charge in [-0.05, 0) is 32.6 Å². The molecule has 162 valence electrons. The minimum atomic E-state index is -0.640. The van der Waals surface area contributed by atoms with Crippen LogP contribution >= 0.6 is 0 Å². The van der Waals surface area contributed by atoms with Crippen molar-refractivity contribution in [2.75, 3.05) is 6.61 Å². The van der Waals surface area contributed by atoms with Crippen LogP contribution < -0.4 is 0 Å². The molecule has 4 aliphatic rings. The van der Waals surface area contributed by atoms with E-state index in [4.69, 9.17) is 18.9 Å². The van der Waals surface area contributed by atoms with Crippen LogP contribution in [0, 0.1) is 10.8 Å². The first kappa shape index (κ1) is 20.9. The van der Waals surface area contributed by atoms with Crippen LogP contribution in [0.1, 0.15) is 73.1 Å². The smallest absolute Gasteiger partial charge is 0.306 e. The summed E-state index contributed by atoms with van der Waals surface area (Å²) in [5.74, 6) is -0.522. The first-order chi connectivity index (χ1) is 13.7. The monoisotopic (exact) mass is 406 g/mol. The fourth-order valence-corrected chi connectivity index (χ4v) is 5.98. The molecule has 7 atom stereocenters. The molecular formula is C23H34O6. The summed E-state index contributed by atoms with van der Waals surface area (Å²) < 4.78 is 24.7. The fourth-order valence-electron chi connectivity index (χ4n) is 5.98. The molecule has 0 radical (unpaired) electrons. The minimum absolute atomic E-state index is 0.108. The molecule has 1 saturated carbocycles. The quantitative estimate of drug-likeness (QED) is 0.380. The molecule has 0 aromatic carbocycles. The molecule has 2 aliphatic carbocycles. The van der Waals surface area contributed by atoms with Crippen LogP contribution in [-0.4, -0.2) is 48.6 Å². The van der Waals surface area contributed by atoms with Crippen molar-refractivity contribution in [1.29, 1.82) is 0 Å². The Bertz CT molecular complexity index is 725. The third-order valence-electron chi connectivity index (χ3n) is 7.98. The zero-order valence-electron chi connectivity index (χ0n) is 18.3. The van der Waals surface area contributed by atoms with Gasteiger partial charge in [-0.25, -0.2) is 0 Å². The second-order valence-corrected chi connectivity index (χ2v) is 9.65. The van der Waals surface area contributed by atoms with Crippen molar-refractivity contribution in [2.24, 2.45) is 10.8 Å². The first-order valence-electron chi connectivity index (χ1n) is 11.1. The highest BCUT2D eigenvalue weighted by Gasteiger charge is 2.85. The highest BCUT2D eigenvalue weighted by Crippen LogP contribution is 2.72. The number of fused-ring (bicyclic) bond motifs is 2. The van der Waals surface area contributed by atoms with E-state index in [1.165, 1.54) is 5.57 Å². The van der Waals surface area contributed by atoms with Gasteiger partial charge in [0.1, 0.15) is 11.7 Å². The van der Waals surface area contributed by atoms with Gasteiger partial charge >= 0.3 is 11.9 Å². The number of carbonyl (C=O) groups is 2. The number of hydrogen-bond acceptors (Lipinski definition) is 6. The molecular weight excluding hydrogens is 372 g/mol. The minimum Gasteiger partial charge on any atom is -0.458 e. The predicted octanol–water partition coefficient (Wildman–Crippen LogP) is 3.71. The predicted molar refractivity (Wildman–Crippen MR) is 106 cm³/mol. The molecule has 0 aromatic heterocycles. The normalized spacial score (nSPS) is 44.8. The Labute approximate surface area is 173 Å². The Morgan fingerprint density at radius 3 is 2.34 bits per heavy atom. The summed E-state index contributed by atoms with van der Waals surface area (Å²) in [6.07, 6.45) is 4.46. The largest absolute Gasteiger partial charge is 0.458 e. The van der Waals surface area contributed by atoms with Crippen LogP contribution in [0.25, 0.3) is 0 Å². The van der Waals surface area contributed by atoms with Crippen molar-refractivity contribution in [3.8, 4) is 0 Å². The Balaban J connectivity index is 1.77. The van der Waals surface area contributed by atoms with Crippen LogP contribution in [-0.2, 0) is 28.5 Å². The maximum Gasteiger partial charge on any atom is 0.306 e. The standard InChI is InChI=1S/C23H34O6/c1-6-8-16(24)28-18-19(29-17(25)9-7-2)22(5)21(4)11-10-14(3)12-15(21)27-20(18)23(22)13-26-23/h12,15,18-20H,6-11,13H2,1-5H3/t15-,18-,19-,20-,21+,22-,23+/m1/s1. The van der Waals surface area contributed by atoms with E-state index in [0.29, 0.717) is 32.3 Å². The summed E-state index contributed by atoms with van der Waals surface area (Å²) >= 11 is 0. The summed E-state index contributed by atoms with van der Waals surface area (Å²) in [5.41, 5.74) is -0.0262. The van der Waals surface area contributed by atoms with E-state index in [-0.39, 0.29) is 23.5 Å². The Morgan fingerprint density at radius 1 is 1.14 bits per heavy atom. The van der Waals surface area contributed by atoms with Crippen LogP contribution in [0.2, 0.25) is 0 Å². The van der Waals surface area contributed by atoms with E-state index < -0.39 is 29.3 Å². The van der Waals surface area contributed by atoms with Crippen molar-refractivity contribution in [1.82, 2.24) is 0 Å². The van der Waals surface area contributed by atoms with Crippen LogP contribution in [0.3, 0.4) is 0 Å². The van der Waals surface area contributed by atoms with Gasteiger partial charge in [-0.1, -0.05) is 39.3 Å². The van der Waals surface area contributed by atoms with Gasteiger partial charge in [-0.15, -0.1) is 0 Å². The van der Waals surface area contributed by atoms with Gasteiger partial charge in [0, 0.05) is 18.3 Å². The topological polar surface area (TPSA) is 74.4 Å². The van der Waals surface area contributed by atoms with Crippen molar-refractivity contribution >= 4 is 11.9 Å². The molecule has 6 heteroatoms. The molecule has 0 unspecified atom stereocenters. The second kappa shape index (κ2) is 7.09. The highest BCUT2D eigenvalue weighted by atomic mass is 16.7. The van der Waals surface area contributed by atoms with Crippen molar-refractivity contribution in [2.45, 2.75) is 103 Å². The summed E-state index contributed by atoms with van der Waals surface area (Å²) in [5, 5.41) is 0. The third kappa shape index (κ3) is 2.82. The van der Waals surface area contributed by atoms with Gasteiger partial charge in [0.2, 0.25) is 0 Å². The Hall–Kier alpha value is -1.40. The van der Waals surface area contributed by atoms with Crippen LogP contribution in [0.15, 0.2) is 11.6 Å². The van der Waals surface area contributed by atoms with E-state index in [0.717, 1.165) is 12.8 Å². The number of ether oxygens (including phenoxy) is 4. The van der Waals surface area contributed by atoms with Crippen molar-refractivity contribution in [3.63, 3.8) is 0 Å². The average molecular weight is 407 g/mol. The highest BCUT2D eigenvalue weighted by molar-refractivity contribution is 5.71. The van der Waals surface area contributed by atoms with Gasteiger partial charge in [0.15, 0.2) is 12.2 Å². The molecule has 6 nitrogen and oxygen atoms in total. The molecule has 2 heterocycles. The van der Waals surface area contributed by atoms with Gasteiger partial charge in [-0.2, -0.15) is 0 Å². The molecule has 2 bridgehead atoms. The lowest BCUT2D eigenvalue weighted by atomic mass is 9.52. The number of hydrogen-bond donors (Lipinski definition) is 0. The van der Waals surface area contributed by atoms with Crippen LogP contribution in [0.5, 0.6) is 0 Å². The molecule has 29 heavy (non-hydrogen) atoms. The number of epoxide rings is 1. The van der Waals surface area contributed by atoms with Gasteiger partial charge in [0.05, 0.1) is 18.1 Å². The molecule has 4 rings (SSSR count). The molecule has 2 saturated heterocycles. The molecule has 0 aromatic rings. The molecule has 3 fully saturated rings. The average Bonchev–Trinajstić information content (AvgIpc) is 3.44. The lowest BCUT2D eigenvalue weighted by molar-refractivity contribution is -0.211. The van der Waals surface area contributed by atoms with Gasteiger partial charge < -0.3 is 18.9 Å². The maximum absolute atomic E-state index is 12.6. The van der Waals surface area contributed by atoms with Crippen molar-refractivity contribution < 1.29 is 28.5 Å². The summed E-state index contributed by atoms with van der Waals surface area (Å²) in [6, 6.07) is 0. The molecule has 0 N–H and O–H groups in total. The second-order valence-electron chi connectivity index (χ2n) is 9.65. The summed E-state index contributed by atoms with van der Waals surface area (Å²) in [6.45, 7) is 11.0.